The highest BCUT2D eigenvalue weighted by Gasteiger charge is 2.34. The molecule has 0 fully saturated rings. The van der Waals surface area contributed by atoms with Gasteiger partial charge in [-0.05, 0) is 6.07 Å². The Bertz CT molecular complexity index is 585. The Morgan fingerprint density at radius 1 is 1.30 bits per heavy atom. The van der Waals surface area contributed by atoms with Crippen LogP contribution in [0, 0.1) is 0 Å². The summed E-state index contributed by atoms with van der Waals surface area (Å²) in [6, 6.07) is 0.745. The number of rotatable bonds is 4. The highest BCUT2D eigenvalue weighted by Crippen LogP contribution is 2.37. The van der Waals surface area contributed by atoms with Gasteiger partial charge in [0, 0.05) is 6.54 Å². The molecule has 0 unspecified atom stereocenters. The van der Waals surface area contributed by atoms with Gasteiger partial charge in [-0.15, -0.1) is 0 Å². The Labute approximate surface area is 121 Å². The van der Waals surface area contributed by atoms with Gasteiger partial charge in [0.15, 0.2) is 0 Å². The SMILES string of the molecule is FC(F)(F)c1cc(Cl)c(NCCn2cncn2)nc1Cl. The average Bonchev–Trinajstić information content (AvgIpc) is 2.84. The molecule has 0 radical (unpaired) electrons. The first-order chi connectivity index (χ1) is 9.38. The lowest BCUT2D eigenvalue weighted by Crippen LogP contribution is -2.13. The zero-order valence-corrected chi connectivity index (χ0v) is 11.3. The number of hydrogen-bond donors (Lipinski definition) is 1. The third-order valence-corrected chi connectivity index (χ3v) is 2.91. The van der Waals surface area contributed by atoms with Crippen LogP contribution in [0.5, 0.6) is 0 Å². The number of halogens is 5. The molecule has 0 saturated carbocycles. The molecule has 2 aromatic heterocycles. The molecule has 0 amide bonds. The van der Waals surface area contributed by atoms with Gasteiger partial charge < -0.3 is 5.32 Å². The normalized spacial score (nSPS) is 11.7. The molecule has 0 aliphatic rings. The Balaban J connectivity index is 2.07. The molecule has 5 nitrogen and oxygen atoms in total. The highest BCUT2D eigenvalue weighted by molar-refractivity contribution is 6.34. The largest absolute Gasteiger partial charge is 0.419 e. The van der Waals surface area contributed by atoms with Crippen LogP contribution in [-0.2, 0) is 12.7 Å². The molecule has 2 rings (SSSR count). The van der Waals surface area contributed by atoms with E-state index in [0.717, 1.165) is 6.07 Å². The number of pyridine rings is 1. The minimum atomic E-state index is -4.59. The second-order valence-corrected chi connectivity index (χ2v) is 4.51. The van der Waals surface area contributed by atoms with Crippen molar-refractivity contribution in [1.82, 2.24) is 19.7 Å². The molecule has 108 valence electrons. The maximum atomic E-state index is 12.6. The predicted octanol–water partition coefficient (Wildman–Crippen LogP) is 3.11. The summed E-state index contributed by atoms with van der Waals surface area (Å²) >= 11 is 11.3. The molecule has 2 aromatic rings. The molecule has 2 heterocycles. The molecule has 0 spiro atoms. The predicted molar refractivity (Wildman–Crippen MR) is 67.8 cm³/mol. The first-order valence-electron chi connectivity index (χ1n) is 5.37. The van der Waals surface area contributed by atoms with Gasteiger partial charge in [-0.25, -0.2) is 9.97 Å². The Morgan fingerprint density at radius 3 is 2.65 bits per heavy atom. The standard InChI is InChI=1S/C10H8Cl2F3N5/c11-7-3-6(10(13,14)15)8(12)19-9(7)17-1-2-20-5-16-4-18-20/h3-5H,1-2H2,(H,17,19). The van der Waals surface area contributed by atoms with Crippen molar-refractivity contribution in [3.63, 3.8) is 0 Å². The highest BCUT2D eigenvalue weighted by atomic mass is 35.5. The van der Waals surface area contributed by atoms with Crippen molar-refractivity contribution in [2.75, 3.05) is 11.9 Å². The first-order valence-corrected chi connectivity index (χ1v) is 6.13. The van der Waals surface area contributed by atoms with Crippen molar-refractivity contribution in [2.45, 2.75) is 12.7 Å². The van der Waals surface area contributed by atoms with E-state index in [-0.39, 0.29) is 10.8 Å². The van der Waals surface area contributed by atoms with Gasteiger partial charge in [-0.1, -0.05) is 23.2 Å². The van der Waals surface area contributed by atoms with Crippen LogP contribution in [0.2, 0.25) is 10.2 Å². The summed E-state index contributed by atoms with van der Waals surface area (Å²) in [5.41, 5.74) is -1.06. The van der Waals surface area contributed by atoms with Gasteiger partial charge in [-0.2, -0.15) is 18.3 Å². The van der Waals surface area contributed by atoms with Crippen molar-refractivity contribution >= 4 is 29.0 Å². The summed E-state index contributed by atoms with van der Waals surface area (Å²) in [6.07, 6.45) is -1.70. The van der Waals surface area contributed by atoms with Crippen LogP contribution in [0.1, 0.15) is 5.56 Å². The third kappa shape index (κ3) is 3.51. The minimum Gasteiger partial charge on any atom is -0.367 e. The summed E-state index contributed by atoms with van der Waals surface area (Å²) < 4.78 is 39.3. The zero-order chi connectivity index (χ0) is 14.8. The van der Waals surface area contributed by atoms with Crippen LogP contribution >= 0.6 is 23.2 Å². The smallest absolute Gasteiger partial charge is 0.367 e. The number of hydrogen-bond acceptors (Lipinski definition) is 4. The molecule has 0 aromatic carbocycles. The number of aromatic nitrogens is 4. The summed E-state index contributed by atoms with van der Waals surface area (Å²) in [5, 5.41) is 5.86. The zero-order valence-electron chi connectivity index (χ0n) is 9.82. The monoisotopic (exact) mass is 325 g/mol. The van der Waals surface area contributed by atoms with Gasteiger partial charge in [0.05, 0.1) is 17.1 Å². The van der Waals surface area contributed by atoms with Crippen molar-refractivity contribution < 1.29 is 13.2 Å². The average molecular weight is 326 g/mol. The molecule has 1 N–H and O–H groups in total. The van der Waals surface area contributed by atoms with Gasteiger partial charge in [0.2, 0.25) is 0 Å². The first kappa shape index (κ1) is 14.9. The van der Waals surface area contributed by atoms with Crippen molar-refractivity contribution in [3.8, 4) is 0 Å². The van der Waals surface area contributed by atoms with Gasteiger partial charge >= 0.3 is 6.18 Å². The summed E-state index contributed by atoms with van der Waals surface area (Å²) in [6.45, 7) is 0.814. The van der Waals surface area contributed by atoms with E-state index in [1.165, 1.54) is 12.7 Å². The lowest BCUT2D eigenvalue weighted by Gasteiger charge is -2.12. The molecular formula is C10H8Cl2F3N5. The van der Waals surface area contributed by atoms with Crippen LogP contribution in [0.25, 0.3) is 0 Å². The van der Waals surface area contributed by atoms with E-state index in [9.17, 15) is 13.2 Å². The third-order valence-electron chi connectivity index (χ3n) is 2.33. The summed E-state index contributed by atoms with van der Waals surface area (Å²) in [5.74, 6) is 0.0878. The van der Waals surface area contributed by atoms with Crippen molar-refractivity contribution in [2.24, 2.45) is 0 Å². The van der Waals surface area contributed by atoms with Crippen LogP contribution in [0.4, 0.5) is 19.0 Å². The van der Waals surface area contributed by atoms with E-state index >= 15 is 0 Å². The van der Waals surface area contributed by atoms with E-state index in [1.54, 1.807) is 4.68 Å². The molecule has 10 heteroatoms. The van der Waals surface area contributed by atoms with Gasteiger partial charge in [0.25, 0.3) is 0 Å². The van der Waals surface area contributed by atoms with Crippen molar-refractivity contribution in [1.29, 1.82) is 0 Å². The molecule has 0 saturated heterocycles. The Hall–Kier alpha value is -1.54. The topological polar surface area (TPSA) is 55.6 Å². The lowest BCUT2D eigenvalue weighted by molar-refractivity contribution is -0.137. The maximum Gasteiger partial charge on any atom is 0.419 e. The number of alkyl halides is 3. The second-order valence-electron chi connectivity index (χ2n) is 3.74. The van der Waals surface area contributed by atoms with Crippen LogP contribution < -0.4 is 5.32 Å². The van der Waals surface area contributed by atoms with E-state index in [4.69, 9.17) is 23.2 Å². The van der Waals surface area contributed by atoms with Crippen LogP contribution in [-0.4, -0.2) is 26.3 Å². The fraction of sp³-hybridized carbons (Fsp3) is 0.300. The quantitative estimate of drug-likeness (QED) is 0.877. The number of nitrogens with zero attached hydrogens (tertiary/aromatic N) is 4. The summed E-state index contributed by atoms with van der Waals surface area (Å²) in [4.78, 5) is 7.37. The summed E-state index contributed by atoms with van der Waals surface area (Å²) in [7, 11) is 0. The van der Waals surface area contributed by atoms with Gasteiger partial charge in [-0.3, -0.25) is 4.68 Å². The van der Waals surface area contributed by atoms with E-state index in [1.807, 2.05) is 0 Å². The van der Waals surface area contributed by atoms with Crippen molar-refractivity contribution in [3.05, 3.63) is 34.5 Å². The van der Waals surface area contributed by atoms with E-state index in [2.05, 4.69) is 20.4 Å². The second kappa shape index (κ2) is 5.84. The molecule has 0 bridgehead atoms. The minimum absolute atomic E-state index is 0.0878. The maximum absolute atomic E-state index is 12.6. The molecule has 0 aliphatic heterocycles. The number of nitrogens with one attached hydrogen (secondary N) is 1. The molecule has 0 aliphatic carbocycles. The molecule has 20 heavy (non-hydrogen) atoms. The molecular weight excluding hydrogens is 318 g/mol. The van der Waals surface area contributed by atoms with Gasteiger partial charge in [0.1, 0.15) is 23.6 Å². The Kier molecular flexibility index (Phi) is 4.34. The van der Waals surface area contributed by atoms with Crippen LogP contribution in [0.15, 0.2) is 18.7 Å². The lowest BCUT2D eigenvalue weighted by atomic mass is 10.2. The van der Waals surface area contributed by atoms with Crippen LogP contribution in [0.3, 0.4) is 0 Å². The Morgan fingerprint density at radius 2 is 2.05 bits per heavy atom. The van der Waals surface area contributed by atoms with E-state index in [0.29, 0.717) is 13.1 Å². The number of anilines is 1. The fourth-order valence-electron chi connectivity index (χ4n) is 1.43. The fourth-order valence-corrected chi connectivity index (χ4v) is 1.89. The molecule has 0 atom stereocenters. The van der Waals surface area contributed by atoms with E-state index < -0.39 is 16.9 Å².